The summed E-state index contributed by atoms with van der Waals surface area (Å²) in [5.74, 6) is -0.647. The van der Waals surface area contributed by atoms with E-state index in [9.17, 15) is 9.59 Å². The average Bonchev–Trinajstić information content (AvgIpc) is 2.55. The summed E-state index contributed by atoms with van der Waals surface area (Å²) in [5, 5.41) is 0. The molecular weight excluding hydrogens is 300 g/mol. The van der Waals surface area contributed by atoms with E-state index >= 15 is 0 Å². The summed E-state index contributed by atoms with van der Waals surface area (Å²) in [7, 11) is 0. The molecule has 0 saturated heterocycles. The Balaban J connectivity index is 6.13. The van der Waals surface area contributed by atoms with Crippen molar-refractivity contribution >= 4 is 11.8 Å². The SMILES string of the molecule is CCCCC(CCCC)(C(N)=O)C(CCCC)(CCCC)C(N)=O. The summed E-state index contributed by atoms with van der Waals surface area (Å²) < 4.78 is 0. The smallest absolute Gasteiger partial charge is 0.224 e. The Morgan fingerprint density at radius 2 is 0.792 bits per heavy atom. The second kappa shape index (κ2) is 11.5. The van der Waals surface area contributed by atoms with Gasteiger partial charge in [-0.25, -0.2) is 0 Å². The van der Waals surface area contributed by atoms with Crippen molar-refractivity contribution in [2.45, 2.75) is 105 Å². The van der Waals surface area contributed by atoms with Crippen LogP contribution in [0, 0.1) is 10.8 Å². The molecule has 0 atom stereocenters. The molecule has 0 rings (SSSR count). The van der Waals surface area contributed by atoms with Crippen LogP contribution in [0.15, 0.2) is 0 Å². The summed E-state index contributed by atoms with van der Waals surface area (Å²) in [4.78, 5) is 25.5. The molecule has 142 valence electrons. The minimum Gasteiger partial charge on any atom is -0.369 e. The summed E-state index contributed by atoms with van der Waals surface area (Å²) in [5.41, 5.74) is 10.4. The van der Waals surface area contributed by atoms with Crippen molar-refractivity contribution in [2.75, 3.05) is 0 Å². The quantitative estimate of drug-likeness (QED) is 0.453. The maximum Gasteiger partial charge on any atom is 0.224 e. The van der Waals surface area contributed by atoms with Gasteiger partial charge in [0.1, 0.15) is 0 Å². The summed E-state index contributed by atoms with van der Waals surface area (Å²) in [6, 6.07) is 0. The lowest BCUT2D eigenvalue weighted by Crippen LogP contribution is -2.57. The number of carbonyl (C=O) groups excluding carboxylic acids is 2. The van der Waals surface area contributed by atoms with Crippen LogP contribution in [0.4, 0.5) is 0 Å². The van der Waals surface area contributed by atoms with Crippen LogP contribution in [0.5, 0.6) is 0 Å². The fourth-order valence-electron chi connectivity index (χ4n) is 4.09. The van der Waals surface area contributed by atoms with Gasteiger partial charge in [0.25, 0.3) is 0 Å². The van der Waals surface area contributed by atoms with Crippen molar-refractivity contribution in [3.8, 4) is 0 Å². The normalized spacial score (nSPS) is 12.3. The Kier molecular flexibility index (Phi) is 11.0. The summed E-state index contributed by atoms with van der Waals surface area (Å²) in [6.07, 6.45) is 10.2. The molecule has 0 spiro atoms. The maximum atomic E-state index is 12.7. The van der Waals surface area contributed by atoms with Gasteiger partial charge in [-0.15, -0.1) is 0 Å². The highest BCUT2D eigenvalue weighted by Crippen LogP contribution is 2.53. The Bertz CT molecular complexity index is 328. The molecule has 0 aromatic rings. The lowest BCUT2D eigenvalue weighted by Gasteiger charge is -2.48. The van der Waals surface area contributed by atoms with E-state index in [0.717, 1.165) is 51.4 Å². The molecule has 0 aliphatic carbocycles. The van der Waals surface area contributed by atoms with Gasteiger partial charge in [-0.3, -0.25) is 9.59 Å². The van der Waals surface area contributed by atoms with Crippen LogP contribution < -0.4 is 11.5 Å². The molecule has 0 unspecified atom stereocenters. The average molecular weight is 341 g/mol. The fourth-order valence-corrected chi connectivity index (χ4v) is 4.09. The Labute approximate surface area is 149 Å². The van der Waals surface area contributed by atoms with Gasteiger partial charge >= 0.3 is 0 Å². The Hall–Kier alpha value is -1.06. The maximum absolute atomic E-state index is 12.7. The lowest BCUT2D eigenvalue weighted by atomic mass is 9.54. The number of rotatable bonds is 15. The predicted molar refractivity (Wildman–Crippen MR) is 101 cm³/mol. The van der Waals surface area contributed by atoms with Gasteiger partial charge in [0.15, 0.2) is 0 Å². The molecular formula is C20H40N2O2. The Morgan fingerprint density at radius 1 is 0.583 bits per heavy atom. The number of primary amides is 2. The van der Waals surface area contributed by atoms with Crippen molar-refractivity contribution in [1.29, 1.82) is 0 Å². The Morgan fingerprint density at radius 3 is 0.917 bits per heavy atom. The first kappa shape index (κ1) is 22.9. The van der Waals surface area contributed by atoms with E-state index in [1.165, 1.54) is 0 Å². The van der Waals surface area contributed by atoms with Crippen LogP contribution in [0.2, 0.25) is 0 Å². The van der Waals surface area contributed by atoms with Gasteiger partial charge in [-0.1, -0.05) is 79.1 Å². The van der Waals surface area contributed by atoms with E-state index in [4.69, 9.17) is 11.5 Å². The number of carbonyl (C=O) groups is 2. The third kappa shape index (κ3) is 5.22. The molecule has 0 fully saturated rings. The van der Waals surface area contributed by atoms with Crippen molar-refractivity contribution in [3.05, 3.63) is 0 Å². The molecule has 0 bridgehead atoms. The molecule has 4 N–H and O–H groups in total. The molecule has 0 saturated carbocycles. The van der Waals surface area contributed by atoms with Crippen LogP contribution in [0.25, 0.3) is 0 Å². The van der Waals surface area contributed by atoms with Crippen molar-refractivity contribution in [1.82, 2.24) is 0 Å². The minimum absolute atomic E-state index is 0.324. The molecule has 0 heterocycles. The number of unbranched alkanes of at least 4 members (excludes halogenated alkanes) is 4. The highest BCUT2D eigenvalue weighted by molar-refractivity contribution is 5.92. The van der Waals surface area contributed by atoms with E-state index in [1.807, 2.05) is 0 Å². The van der Waals surface area contributed by atoms with Crippen LogP contribution in [-0.4, -0.2) is 11.8 Å². The van der Waals surface area contributed by atoms with Crippen molar-refractivity contribution in [2.24, 2.45) is 22.3 Å². The molecule has 24 heavy (non-hydrogen) atoms. The molecule has 0 aromatic heterocycles. The largest absolute Gasteiger partial charge is 0.369 e. The second-order valence-electron chi connectivity index (χ2n) is 7.31. The topological polar surface area (TPSA) is 86.2 Å². The zero-order valence-corrected chi connectivity index (χ0v) is 16.5. The molecule has 0 aliphatic heterocycles. The van der Waals surface area contributed by atoms with Crippen LogP contribution in [-0.2, 0) is 9.59 Å². The number of nitrogens with two attached hydrogens (primary N) is 2. The standard InChI is InChI=1S/C20H40N2O2/c1-5-9-13-19(17(21)23,14-10-6-2)20(18(22)24,15-11-7-3)16-12-8-4/h5-16H2,1-4H3,(H2,21,23)(H2,22,24). The van der Waals surface area contributed by atoms with E-state index in [-0.39, 0.29) is 11.8 Å². The van der Waals surface area contributed by atoms with Gasteiger partial charge in [0.05, 0.1) is 10.8 Å². The molecule has 4 heteroatoms. The second-order valence-corrected chi connectivity index (χ2v) is 7.31. The molecule has 2 amide bonds. The highest BCUT2D eigenvalue weighted by atomic mass is 16.2. The van der Waals surface area contributed by atoms with E-state index in [1.54, 1.807) is 0 Å². The lowest BCUT2D eigenvalue weighted by molar-refractivity contribution is -0.153. The van der Waals surface area contributed by atoms with Crippen LogP contribution >= 0.6 is 0 Å². The van der Waals surface area contributed by atoms with Crippen LogP contribution in [0.3, 0.4) is 0 Å². The van der Waals surface area contributed by atoms with Crippen molar-refractivity contribution < 1.29 is 9.59 Å². The first-order chi connectivity index (χ1) is 11.4. The number of hydrogen-bond acceptors (Lipinski definition) is 2. The third-order valence-corrected chi connectivity index (χ3v) is 5.69. The first-order valence-electron chi connectivity index (χ1n) is 9.98. The number of hydrogen-bond donors (Lipinski definition) is 2. The van der Waals surface area contributed by atoms with Gasteiger partial charge in [0, 0.05) is 0 Å². The van der Waals surface area contributed by atoms with Crippen LogP contribution in [0.1, 0.15) is 105 Å². The third-order valence-electron chi connectivity index (χ3n) is 5.69. The van der Waals surface area contributed by atoms with Gasteiger partial charge < -0.3 is 11.5 Å². The number of amides is 2. The zero-order chi connectivity index (χ0) is 18.6. The van der Waals surface area contributed by atoms with E-state index in [2.05, 4.69) is 27.7 Å². The minimum atomic E-state index is -0.796. The van der Waals surface area contributed by atoms with E-state index in [0.29, 0.717) is 25.7 Å². The highest BCUT2D eigenvalue weighted by Gasteiger charge is 2.56. The van der Waals surface area contributed by atoms with Gasteiger partial charge in [-0.2, -0.15) is 0 Å². The first-order valence-corrected chi connectivity index (χ1v) is 9.98. The zero-order valence-electron chi connectivity index (χ0n) is 16.5. The molecule has 0 aliphatic rings. The van der Waals surface area contributed by atoms with E-state index < -0.39 is 10.8 Å². The monoisotopic (exact) mass is 340 g/mol. The molecule has 4 nitrogen and oxygen atoms in total. The van der Waals surface area contributed by atoms with Gasteiger partial charge in [-0.05, 0) is 25.7 Å². The molecule has 0 aromatic carbocycles. The summed E-state index contributed by atoms with van der Waals surface area (Å²) >= 11 is 0. The fraction of sp³-hybridized carbons (Fsp3) is 0.900. The van der Waals surface area contributed by atoms with Gasteiger partial charge in [0.2, 0.25) is 11.8 Å². The predicted octanol–water partition coefficient (Wildman–Crippen LogP) is 4.69. The summed E-state index contributed by atoms with van der Waals surface area (Å²) in [6.45, 7) is 8.43. The van der Waals surface area contributed by atoms with Crippen molar-refractivity contribution in [3.63, 3.8) is 0 Å². The molecule has 0 radical (unpaired) electrons.